The summed E-state index contributed by atoms with van der Waals surface area (Å²) in [7, 11) is 2.07. The number of hydrogen-bond acceptors (Lipinski definition) is 5. The second-order valence-corrected chi connectivity index (χ2v) is 5.93. The Morgan fingerprint density at radius 1 is 1.14 bits per heavy atom. The maximum absolute atomic E-state index is 12.5. The fourth-order valence-electron chi connectivity index (χ4n) is 2.37. The average Bonchev–Trinajstić information content (AvgIpc) is 2.51. The third kappa shape index (κ3) is 2.95. The summed E-state index contributed by atoms with van der Waals surface area (Å²) < 4.78 is 1.16. The number of piperazine rings is 1. The first-order valence-corrected chi connectivity index (χ1v) is 7.66. The van der Waals surface area contributed by atoms with Gasteiger partial charge in [0.1, 0.15) is 10.2 Å². The predicted molar refractivity (Wildman–Crippen MR) is 87.4 cm³/mol. The molecule has 116 valence electrons. The topological polar surface area (TPSA) is 54.3 Å². The summed E-state index contributed by atoms with van der Waals surface area (Å²) in [6.07, 6.45) is 1.61. The second kappa shape index (κ2) is 6.24. The summed E-state index contributed by atoms with van der Waals surface area (Å²) in [5, 5.41) is 4.64. The Morgan fingerprint density at radius 2 is 1.86 bits per heavy atom. The first kappa shape index (κ1) is 15.3. The number of pyridine rings is 1. The highest BCUT2D eigenvalue weighted by molar-refractivity contribution is 6.33. The molecule has 3 rings (SSSR count). The van der Waals surface area contributed by atoms with Gasteiger partial charge in [-0.05, 0) is 19.2 Å². The van der Waals surface area contributed by atoms with Gasteiger partial charge >= 0.3 is 0 Å². The van der Waals surface area contributed by atoms with E-state index in [1.54, 1.807) is 24.4 Å². The minimum absolute atomic E-state index is 0.154. The molecule has 1 saturated heterocycles. The van der Waals surface area contributed by atoms with Crippen molar-refractivity contribution in [1.82, 2.24) is 19.7 Å². The summed E-state index contributed by atoms with van der Waals surface area (Å²) in [5.74, 6) is 0.351. The van der Waals surface area contributed by atoms with Crippen molar-refractivity contribution in [2.45, 2.75) is 0 Å². The van der Waals surface area contributed by atoms with Crippen molar-refractivity contribution >= 4 is 28.9 Å². The standard InChI is InChI=1S/C14H15Cl2N5O/c1-19-5-7-20(8-6-19)10-9-17-21(14(22)13(10)16)12-4-2-3-11(15)18-12/h2-4,9H,5-8H2,1H3. The summed E-state index contributed by atoms with van der Waals surface area (Å²) in [4.78, 5) is 20.8. The Labute approximate surface area is 137 Å². The minimum atomic E-state index is -0.395. The van der Waals surface area contributed by atoms with Gasteiger partial charge in [-0.3, -0.25) is 4.79 Å². The van der Waals surface area contributed by atoms with Gasteiger partial charge in [0.2, 0.25) is 0 Å². The molecule has 0 spiro atoms. The van der Waals surface area contributed by atoms with Crippen LogP contribution >= 0.6 is 23.2 Å². The molecule has 3 heterocycles. The van der Waals surface area contributed by atoms with Gasteiger partial charge in [-0.25, -0.2) is 4.98 Å². The summed E-state index contributed by atoms with van der Waals surface area (Å²) >= 11 is 12.1. The Hall–Kier alpha value is -1.63. The molecule has 0 N–H and O–H groups in total. The van der Waals surface area contributed by atoms with E-state index >= 15 is 0 Å². The zero-order valence-corrected chi connectivity index (χ0v) is 13.5. The number of nitrogens with zero attached hydrogens (tertiary/aromatic N) is 5. The Bertz CT molecular complexity index is 740. The van der Waals surface area contributed by atoms with Crippen molar-refractivity contribution in [2.24, 2.45) is 0 Å². The van der Waals surface area contributed by atoms with Crippen LogP contribution in [0.3, 0.4) is 0 Å². The quantitative estimate of drug-likeness (QED) is 0.779. The van der Waals surface area contributed by atoms with E-state index in [-0.39, 0.29) is 5.02 Å². The van der Waals surface area contributed by atoms with Gasteiger partial charge in [0, 0.05) is 26.2 Å². The Balaban J connectivity index is 1.97. The van der Waals surface area contributed by atoms with Crippen molar-refractivity contribution < 1.29 is 0 Å². The average molecular weight is 340 g/mol. The lowest BCUT2D eigenvalue weighted by atomic mass is 10.3. The normalized spacial score (nSPS) is 16.0. The molecule has 0 radical (unpaired) electrons. The van der Waals surface area contributed by atoms with Crippen LogP contribution < -0.4 is 10.5 Å². The van der Waals surface area contributed by atoms with Crippen molar-refractivity contribution in [1.29, 1.82) is 0 Å². The van der Waals surface area contributed by atoms with E-state index in [9.17, 15) is 4.79 Å². The summed E-state index contributed by atoms with van der Waals surface area (Å²) in [5.41, 5.74) is 0.269. The fraction of sp³-hybridized carbons (Fsp3) is 0.357. The molecule has 0 unspecified atom stereocenters. The minimum Gasteiger partial charge on any atom is -0.366 e. The lowest BCUT2D eigenvalue weighted by Crippen LogP contribution is -2.45. The molecule has 0 aromatic carbocycles. The van der Waals surface area contributed by atoms with Gasteiger partial charge in [-0.2, -0.15) is 9.78 Å². The zero-order chi connectivity index (χ0) is 15.7. The molecular weight excluding hydrogens is 325 g/mol. The smallest absolute Gasteiger partial charge is 0.293 e. The van der Waals surface area contributed by atoms with Gasteiger partial charge in [-0.1, -0.05) is 29.3 Å². The first-order chi connectivity index (χ1) is 10.6. The molecule has 0 saturated carbocycles. The van der Waals surface area contributed by atoms with Crippen molar-refractivity contribution in [3.63, 3.8) is 0 Å². The van der Waals surface area contributed by atoms with Crippen LogP contribution in [0.4, 0.5) is 5.69 Å². The van der Waals surface area contributed by atoms with Crippen LogP contribution in [0.25, 0.3) is 5.82 Å². The first-order valence-electron chi connectivity index (χ1n) is 6.90. The number of aromatic nitrogens is 3. The van der Waals surface area contributed by atoms with Gasteiger partial charge in [-0.15, -0.1) is 0 Å². The monoisotopic (exact) mass is 339 g/mol. The predicted octanol–water partition coefficient (Wildman–Crippen LogP) is 1.69. The molecule has 8 heteroatoms. The van der Waals surface area contributed by atoms with Crippen LogP contribution in [-0.2, 0) is 0 Å². The number of rotatable bonds is 2. The molecule has 0 aliphatic carbocycles. The van der Waals surface area contributed by atoms with Crippen LogP contribution in [0.5, 0.6) is 0 Å². The molecule has 1 aliphatic heterocycles. The highest BCUT2D eigenvalue weighted by atomic mass is 35.5. The molecule has 2 aromatic rings. The van der Waals surface area contributed by atoms with Crippen LogP contribution in [0.1, 0.15) is 0 Å². The SMILES string of the molecule is CN1CCN(c2cnn(-c3cccc(Cl)n3)c(=O)c2Cl)CC1. The van der Waals surface area contributed by atoms with E-state index in [0.717, 1.165) is 30.9 Å². The number of likely N-dealkylation sites (N-methyl/N-ethyl adjacent to an activating group) is 1. The zero-order valence-electron chi connectivity index (χ0n) is 12.0. The third-order valence-electron chi connectivity index (χ3n) is 3.66. The molecule has 1 fully saturated rings. The lowest BCUT2D eigenvalue weighted by Gasteiger charge is -2.34. The largest absolute Gasteiger partial charge is 0.366 e. The number of hydrogen-bond donors (Lipinski definition) is 0. The van der Waals surface area contributed by atoms with Crippen LogP contribution in [0.15, 0.2) is 29.2 Å². The van der Waals surface area contributed by atoms with Crippen molar-refractivity contribution in [2.75, 3.05) is 38.1 Å². The molecular formula is C14H15Cl2N5O. The van der Waals surface area contributed by atoms with Crippen LogP contribution in [0, 0.1) is 0 Å². The van der Waals surface area contributed by atoms with E-state index in [2.05, 4.69) is 26.9 Å². The lowest BCUT2D eigenvalue weighted by molar-refractivity contribution is 0.312. The maximum atomic E-state index is 12.5. The van der Waals surface area contributed by atoms with E-state index in [4.69, 9.17) is 23.2 Å². The molecule has 0 bridgehead atoms. The van der Waals surface area contributed by atoms with E-state index in [1.165, 1.54) is 0 Å². The fourth-order valence-corrected chi connectivity index (χ4v) is 2.78. The van der Waals surface area contributed by atoms with Gasteiger partial charge in [0.25, 0.3) is 5.56 Å². The van der Waals surface area contributed by atoms with Crippen LogP contribution in [-0.4, -0.2) is 52.9 Å². The Kier molecular flexibility index (Phi) is 4.33. The number of halogens is 2. The van der Waals surface area contributed by atoms with Crippen LogP contribution in [0.2, 0.25) is 10.2 Å². The van der Waals surface area contributed by atoms with E-state index in [1.807, 2.05) is 0 Å². The molecule has 1 aliphatic rings. The highest BCUT2D eigenvalue weighted by Crippen LogP contribution is 2.22. The molecule has 0 amide bonds. The Morgan fingerprint density at radius 3 is 2.55 bits per heavy atom. The number of anilines is 1. The van der Waals surface area contributed by atoms with Gasteiger partial charge in [0.05, 0.1) is 11.9 Å². The third-order valence-corrected chi connectivity index (χ3v) is 4.23. The summed E-state index contributed by atoms with van der Waals surface area (Å²) in [6, 6.07) is 5.00. The molecule has 22 heavy (non-hydrogen) atoms. The van der Waals surface area contributed by atoms with Crippen molar-refractivity contribution in [3.8, 4) is 5.82 Å². The van der Waals surface area contributed by atoms with Gasteiger partial charge in [0.15, 0.2) is 5.82 Å². The molecule has 2 aromatic heterocycles. The molecule has 6 nitrogen and oxygen atoms in total. The summed E-state index contributed by atoms with van der Waals surface area (Å²) in [6.45, 7) is 3.48. The van der Waals surface area contributed by atoms with Crippen molar-refractivity contribution in [3.05, 3.63) is 44.9 Å². The van der Waals surface area contributed by atoms with E-state index in [0.29, 0.717) is 16.7 Å². The van der Waals surface area contributed by atoms with E-state index < -0.39 is 5.56 Å². The molecule has 0 atom stereocenters. The highest BCUT2D eigenvalue weighted by Gasteiger charge is 2.20. The maximum Gasteiger partial charge on any atom is 0.293 e. The second-order valence-electron chi connectivity index (χ2n) is 5.17. The van der Waals surface area contributed by atoms with Gasteiger partial charge < -0.3 is 9.80 Å².